The molecule has 0 aliphatic heterocycles. The monoisotopic (exact) mass is 267 g/mol. The molecule has 5 heteroatoms. The average molecular weight is 268 g/mol. The predicted molar refractivity (Wildman–Crippen MR) is 60.7 cm³/mol. The first-order valence-corrected chi connectivity index (χ1v) is 5.19. The van der Waals surface area contributed by atoms with Crippen molar-refractivity contribution in [3.05, 3.63) is 29.0 Å². The summed E-state index contributed by atoms with van der Waals surface area (Å²) in [5.74, 6) is 1.57. The number of hydrogen-bond donors (Lipinski definition) is 0. The first-order valence-electron chi connectivity index (χ1n) is 4.40. The van der Waals surface area contributed by atoms with Gasteiger partial charge in [-0.1, -0.05) is 15.9 Å². The predicted octanol–water partition coefficient (Wildman–Crippen LogP) is 2.25. The maximum absolute atomic E-state index is 5.29. The molecule has 0 amide bonds. The van der Waals surface area contributed by atoms with E-state index in [4.69, 9.17) is 4.74 Å². The summed E-state index contributed by atoms with van der Waals surface area (Å²) in [6, 6.07) is 5.81. The number of ether oxygens (including phenoxy) is 1. The van der Waals surface area contributed by atoms with Crippen molar-refractivity contribution >= 4 is 15.9 Å². The van der Waals surface area contributed by atoms with E-state index in [9.17, 15) is 0 Å². The standard InChI is InChI=1S/C10H10BrN3O/c1-14-6-12-13-10(14)8-4-3-7(11)5-9(8)15-2/h3-6H,1-2H3. The van der Waals surface area contributed by atoms with Crippen LogP contribution >= 0.6 is 15.9 Å². The molecule has 1 heterocycles. The SMILES string of the molecule is COc1cc(Br)ccc1-c1nncn1C. The molecule has 15 heavy (non-hydrogen) atoms. The van der Waals surface area contributed by atoms with Gasteiger partial charge < -0.3 is 9.30 Å². The third-order valence-corrected chi connectivity index (χ3v) is 2.61. The Morgan fingerprint density at radius 3 is 2.80 bits per heavy atom. The molecule has 2 aromatic rings. The van der Waals surface area contributed by atoms with Crippen molar-refractivity contribution in [3.63, 3.8) is 0 Å². The van der Waals surface area contributed by atoms with Gasteiger partial charge in [-0.3, -0.25) is 0 Å². The van der Waals surface area contributed by atoms with Gasteiger partial charge in [0.05, 0.1) is 12.7 Å². The summed E-state index contributed by atoms with van der Waals surface area (Å²) in [6.45, 7) is 0. The van der Waals surface area contributed by atoms with E-state index in [1.54, 1.807) is 13.4 Å². The Kier molecular flexibility index (Phi) is 2.73. The second kappa shape index (κ2) is 4.02. The zero-order chi connectivity index (χ0) is 10.8. The summed E-state index contributed by atoms with van der Waals surface area (Å²) in [4.78, 5) is 0. The molecule has 0 bridgehead atoms. The van der Waals surface area contributed by atoms with Gasteiger partial charge in [0.1, 0.15) is 12.1 Å². The molecule has 0 spiro atoms. The Morgan fingerprint density at radius 2 is 2.20 bits per heavy atom. The number of methoxy groups -OCH3 is 1. The molecule has 1 aromatic carbocycles. The first kappa shape index (κ1) is 10.2. The second-order valence-corrected chi connectivity index (χ2v) is 4.03. The molecule has 2 rings (SSSR count). The zero-order valence-corrected chi connectivity index (χ0v) is 10.0. The van der Waals surface area contributed by atoms with Gasteiger partial charge in [-0.05, 0) is 18.2 Å². The molecule has 0 unspecified atom stereocenters. The number of aryl methyl sites for hydroxylation is 1. The van der Waals surface area contributed by atoms with E-state index < -0.39 is 0 Å². The van der Waals surface area contributed by atoms with E-state index in [2.05, 4.69) is 26.1 Å². The highest BCUT2D eigenvalue weighted by atomic mass is 79.9. The van der Waals surface area contributed by atoms with Crippen molar-refractivity contribution in [3.8, 4) is 17.1 Å². The Hall–Kier alpha value is -1.36. The number of aromatic nitrogens is 3. The van der Waals surface area contributed by atoms with Gasteiger partial charge in [0, 0.05) is 11.5 Å². The van der Waals surface area contributed by atoms with Crippen molar-refractivity contribution in [1.82, 2.24) is 14.8 Å². The van der Waals surface area contributed by atoms with Crippen molar-refractivity contribution in [2.24, 2.45) is 7.05 Å². The molecule has 0 radical (unpaired) electrons. The van der Waals surface area contributed by atoms with Crippen LogP contribution in [0.15, 0.2) is 29.0 Å². The Bertz CT molecular complexity index is 481. The van der Waals surface area contributed by atoms with Crippen LogP contribution in [0.1, 0.15) is 0 Å². The second-order valence-electron chi connectivity index (χ2n) is 3.11. The molecule has 0 fully saturated rings. The molecular formula is C10H10BrN3O. The van der Waals surface area contributed by atoms with Crippen LogP contribution in [-0.4, -0.2) is 21.9 Å². The average Bonchev–Trinajstić information content (AvgIpc) is 2.64. The van der Waals surface area contributed by atoms with Crippen LogP contribution in [0, 0.1) is 0 Å². The highest BCUT2D eigenvalue weighted by Crippen LogP contribution is 2.30. The smallest absolute Gasteiger partial charge is 0.167 e. The van der Waals surface area contributed by atoms with Gasteiger partial charge in [0.2, 0.25) is 0 Å². The minimum absolute atomic E-state index is 0.778. The van der Waals surface area contributed by atoms with Crippen LogP contribution in [0.5, 0.6) is 5.75 Å². The summed E-state index contributed by atoms with van der Waals surface area (Å²) in [7, 11) is 3.54. The summed E-state index contributed by atoms with van der Waals surface area (Å²) >= 11 is 3.40. The summed E-state index contributed by atoms with van der Waals surface area (Å²) in [5, 5.41) is 7.88. The number of rotatable bonds is 2. The molecule has 0 atom stereocenters. The highest BCUT2D eigenvalue weighted by Gasteiger charge is 2.10. The highest BCUT2D eigenvalue weighted by molar-refractivity contribution is 9.10. The lowest BCUT2D eigenvalue weighted by Gasteiger charge is -2.07. The van der Waals surface area contributed by atoms with Crippen LogP contribution in [0.2, 0.25) is 0 Å². The van der Waals surface area contributed by atoms with Crippen molar-refractivity contribution in [2.75, 3.05) is 7.11 Å². The van der Waals surface area contributed by atoms with Gasteiger partial charge in [0.25, 0.3) is 0 Å². The van der Waals surface area contributed by atoms with Crippen LogP contribution in [-0.2, 0) is 7.05 Å². The maximum Gasteiger partial charge on any atom is 0.167 e. The van der Waals surface area contributed by atoms with Crippen molar-refractivity contribution in [2.45, 2.75) is 0 Å². The topological polar surface area (TPSA) is 39.9 Å². The van der Waals surface area contributed by atoms with E-state index in [1.165, 1.54) is 0 Å². The van der Waals surface area contributed by atoms with Crippen molar-refractivity contribution < 1.29 is 4.74 Å². The molecule has 0 saturated heterocycles. The minimum atomic E-state index is 0.778. The van der Waals surface area contributed by atoms with Gasteiger partial charge in [-0.25, -0.2) is 0 Å². The van der Waals surface area contributed by atoms with Gasteiger partial charge in [0.15, 0.2) is 5.82 Å². The quantitative estimate of drug-likeness (QED) is 0.838. The molecule has 0 aliphatic rings. The van der Waals surface area contributed by atoms with Crippen LogP contribution in [0.25, 0.3) is 11.4 Å². The number of nitrogens with zero attached hydrogens (tertiary/aromatic N) is 3. The third-order valence-electron chi connectivity index (χ3n) is 2.12. The van der Waals surface area contributed by atoms with Gasteiger partial charge >= 0.3 is 0 Å². The van der Waals surface area contributed by atoms with E-state index in [-0.39, 0.29) is 0 Å². The first-order chi connectivity index (χ1) is 7.22. The lowest BCUT2D eigenvalue weighted by atomic mass is 10.2. The van der Waals surface area contributed by atoms with Crippen molar-refractivity contribution in [1.29, 1.82) is 0 Å². The minimum Gasteiger partial charge on any atom is -0.496 e. The summed E-state index contributed by atoms with van der Waals surface area (Å²) in [5.41, 5.74) is 0.931. The van der Waals surface area contributed by atoms with Gasteiger partial charge in [-0.2, -0.15) is 0 Å². The zero-order valence-electron chi connectivity index (χ0n) is 8.44. The lowest BCUT2D eigenvalue weighted by Crippen LogP contribution is -1.94. The lowest BCUT2D eigenvalue weighted by molar-refractivity contribution is 0.415. The molecule has 78 valence electrons. The molecule has 0 N–H and O–H groups in total. The van der Waals surface area contributed by atoms with Gasteiger partial charge in [-0.15, -0.1) is 10.2 Å². The Morgan fingerprint density at radius 1 is 1.40 bits per heavy atom. The van der Waals surface area contributed by atoms with E-state index in [0.717, 1.165) is 21.6 Å². The summed E-state index contributed by atoms with van der Waals surface area (Å²) in [6.07, 6.45) is 1.66. The largest absolute Gasteiger partial charge is 0.496 e. The molecule has 1 aromatic heterocycles. The fourth-order valence-electron chi connectivity index (χ4n) is 1.38. The molecule has 0 saturated carbocycles. The fourth-order valence-corrected chi connectivity index (χ4v) is 1.72. The number of benzene rings is 1. The number of halogens is 1. The molecule has 0 aliphatic carbocycles. The number of hydrogen-bond acceptors (Lipinski definition) is 3. The normalized spacial score (nSPS) is 10.3. The molecule has 4 nitrogen and oxygen atoms in total. The molecular weight excluding hydrogens is 258 g/mol. The van der Waals surface area contributed by atoms with E-state index in [0.29, 0.717) is 0 Å². The van der Waals surface area contributed by atoms with Crippen LogP contribution < -0.4 is 4.74 Å². The Labute approximate surface area is 96.0 Å². The fraction of sp³-hybridized carbons (Fsp3) is 0.200. The van der Waals surface area contributed by atoms with E-state index >= 15 is 0 Å². The Balaban J connectivity index is 2.58. The maximum atomic E-state index is 5.29. The summed E-state index contributed by atoms with van der Waals surface area (Å²) < 4.78 is 8.12. The van der Waals surface area contributed by atoms with Crippen LogP contribution in [0.3, 0.4) is 0 Å². The third kappa shape index (κ3) is 1.87. The van der Waals surface area contributed by atoms with E-state index in [1.807, 2.05) is 29.8 Å². The van der Waals surface area contributed by atoms with Crippen LogP contribution in [0.4, 0.5) is 0 Å².